The molecule has 2 rings (SSSR count). The van der Waals surface area contributed by atoms with Crippen LogP contribution >= 0.6 is 0 Å². The summed E-state index contributed by atoms with van der Waals surface area (Å²) < 4.78 is 10.3. The van der Waals surface area contributed by atoms with Crippen LogP contribution in [0.4, 0.5) is 15.4 Å². The lowest BCUT2D eigenvalue weighted by Gasteiger charge is -2.19. The van der Waals surface area contributed by atoms with Crippen LogP contribution in [0.15, 0.2) is 40.9 Å². The molecule has 0 atom stereocenters. The van der Waals surface area contributed by atoms with Gasteiger partial charge in [-0.25, -0.2) is 9.59 Å². The fourth-order valence-electron chi connectivity index (χ4n) is 1.89. The lowest BCUT2D eigenvalue weighted by Crippen LogP contribution is -2.39. The number of carbonyl (C=O) groups excluding carboxylic acids is 2. The van der Waals surface area contributed by atoms with E-state index < -0.39 is 17.7 Å². The number of hydrogen-bond donors (Lipinski definition) is 3. The van der Waals surface area contributed by atoms with Crippen LogP contribution < -0.4 is 16.0 Å². The third-order valence-corrected chi connectivity index (χ3v) is 2.89. The van der Waals surface area contributed by atoms with Crippen LogP contribution in [0.1, 0.15) is 20.8 Å². The summed E-state index contributed by atoms with van der Waals surface area (Å²) in [5.41, 5.74) is 0.309. The molecule has 1 aromatic carbocycles. The maximum atomic E-state index is 11.8. The first-order valence-electron chi connectivity index (χ1n) is 7.87. The van der Waals surface area contributed by atoms with Crippen LogP contribution in [-0.2, 0) is 4.74 Å². The first-order valence-corrected chi connectivity index (χ1v) is 7.87. The molecule has 25 heavy (non-hydrogen) atoms. The second-order valence-electron chi connectivity index (χ2n) is 6.25. The molecule has 0 fully saturated rings. The van der Waals surface area contributed by atoms with E-state index in [9.17, 15) is 9.59 Å². The number of benzene rings is 1. The third-order valence-electron chi connectivity index (χ3n) is 2.89. The molecule has 2 aromatic rings. The van der Waals surface area contributed by atoms with Crippen LogP contribution in [0.2, 0.25) is 0 Å². The fraction of sp³-hybridized carbons (Fsp3) is 0.353. The molecular formula is C17H22N4O4. The Hall–Kier alpha value is -3.03. The normalized spacial score (nSPS) is 10.8. The smallest absolute Gasteiger partial charge is 0.407 e. The second kappa shape index (κ2) is 8.18. The van der Waals surface area contributed by atoms with Crippen LogP contribution in [0, 0.1) is 0 Å². The highest BCUT2D eigenvalue weighted by atomic mass is 16.6. The summed E-state index contributed by atoms with van der Waals surface area (Å²) in [4.78, 5) is 23.2. The average Bonchev–Trinajstić information content (AvgIpc) is 2.99. The van der Waals surface area contributed by atoms with Crippen LogP contribution in [0.25, 0.3) is 11.3 Å². The van der Waals surface area contributed by atoms with Crippen LogP contribution in [0.5, 0.6) is 0 Å². The van der Waals surface area contributed by atoms with Gasteiger partial charge in [0.2, 0.25) is 0 Å². The summed E-state index contributed by atoms with van der Waals surface area (Å²) in [6.07, 6.45) is -0.529. The minimum atomic E-state index is -0.557. The van der Waals surface area contributed by atoms with E-state index in [-0.39, 0.29) is 13.1 Å². The Morgan fingerprint density at radius 2 is 1.80 bits per heavy atom. The van der Waals surface area contributed by atoms with Crippen molar-refractivity contribution in [2.75, 3.05) is 18.4 Å². The molecule has 0 saturated heterocycles. The molecular weight excluding hydrogens is 324 g/mol. The lowest BCUT2D eigenvalue weighted by molar-refractivity contribution is 0.0528. The number of urea groups is 1. The largest absolute Gasteiger partial charge is 0.444 e. The van der Waals surface area contributed by atoms with Gasteiger partial charge in [0.05, 0.1) is 0 Å². The van der Waals surface area contributed by atoms with E-state index in [1.54, 1.807) is 26.8 Å². The average molecular weight is 346 g/mol. The monoisotopic (exact) mass is 346 g/mol. The maximum Gasteiger partial charge on any atom is 0.407 e. The highest BCUT2D eigenvalue weighted by Gasteiger charge is 2.15. The minimum Gasteiger partial charge on any atom is -0.444 e. The van der Waals surface area contributed by atoms with E-state index in [0.717, 1.165) is 5.56 Å². The number of aromatic nitrogens is 1. The molecule has 1 heterocycles. The van der Waals surface area contributed by atoms with Gasteiger partial charge in [0.1, 0.15) is 5.60 Å². The summed E-state index contributed by atoms with van der Waals surface area (Å²) in [6.45, 7) is 5.82. The predicted molar refractivity (Wildman–Crippen MR) is 93.2 cm³/mol. The number of ether oxygens (including phenoxy) is 1. The van der Waals surface area contributed by atoms with Crippen molar-refractivity contribution in [2.24, 2.45) is 0 Å². The molecule has 134 valence electrons. The SMILES string of the molecule is CC(C)(C)OC(=O)NCCNC(=O)Nc1cc(-c2ccccc2)on1. The van der Waals surface area contributed by atoms with E-state index in [1.165, 1.54) is 0 Å². The Balaban J connectivity index is 1.71. The zero-order valence-corrected chi connectivity index (χ0v) is 14.5. The van der Waals surface area contributed by atoms with Gasteiger partial charge in [0.25, 0.3) is 0 Å². The molecule has 8 nitrogen and oxygen atoms in total. The molecule has 3 amide bonds. The topological polar surface area (TPSA) is 105 Å². The number of rotatable bonds is 5. The fourth-order valence-corrected chi connectivity index (χ4v) is 1.89. The lowest BCUT2D eigenvalue weighted by atomic mass is 10.2. The van der Waals surface area contributed by atoms with Gasteiger partial charge in [-0.3, -0.25) is 5.32 Å². The van der Waals surface area contributed by atoms with Crippen LogP contribution in [0.3, 0.4) is 0 Å². The standard InChI is InChI=1S/C17H22N4O4/c1-17(2,3)24-16(23)19-10-9-18-15(22)20-14-11-13(25-21-14)12-7-5-4-6-8-12/h4-8,11H,9-10H2,1-3H3,(H,19,23)(H2,18,20,21,22). The Kier molecular flexibility index (Phi) is 5.99. The molecule has 0 radical (unpaired) electrons. The van der Waals surface area contributed by atoms with E-state index in [1.807, 2.05) is 30.3 Å². The van der Waals surface area contributed by atoms with Crippen molar-refractivity contribution in [1.29, 1.82) is 0 Å². The quantitative estimate of drug-likeness (QED) is 0.722. The highest BCUT2D eigenvalue weighted by Crippen LogP contribution is 2.21. The molecule has 0 aliphatic heterocycles. The summed E-state index contributed by atoms with van der Waals surface area (Å²) >= 11 is 0. The minimum absolute atomic E-state index is 0.245. The van der Waals surface area contributed by atoms with Crippen molar-refractivity contribution in [2.45, 2.75) is 26.4 Å². The summed E-state index contributed by atoms with van der Waals surface area (Å²) in [5.74, 6) is 0.860. The van der Waals surface area contributed by atoms with Crippen molar-refractivity contribution in [3.63, 3.8) is 0 Å². The summed E-state index contributed by atoms with van der Waals surface area (Å²) in [6, 6.07) is 10.6. The third kappa shape index (κ3) is 6.54. The molecule has 0 aliphatic rings. The van der Waals surface area contributed by atoms with Gasteiger partial charge in [-0.05, 0) is 20.8 Å². The van der Waals surface area contributed by atoms with Crippen molar-refractivity contribution in [3.05, 3.63) is 36.4 Å². The van der Waals surface area contributed by atoms with Crippen molar-refractivity contribution in [1.82, 2.24) is 15.8 Å². The molecule has 0 spiro atoms. The first kappa shape index (κ1) is 18.3. The van der Waals surface area contributed by atoms with E-state index in [2.05, 4.69) is 21.1 Å². The van der Waals surface area contributed by atoms with E-state index >= 15 is 0 Å². The molecule has 1 aromatic heterocycles. The highest BCUT2D eigenvalue weighted by molar-refractivity contribution is 5.88. The van der Waals surface area contributed by atoms with Crippen molar-refractivity contribution < 1.29 is 18.8 Å². The Labute approximate surface area is 145 Å². The van der Waals surface area contributed by atoms with Gasteiger partial charge < -0.3 is 19.9 Å². The number of alkyl carbamates (subject to hydrolysis) is 1. The van der Waals surface area contributed by atoms with Gasteiger partial charge in [-0.2, -0.15) is 0 Å². The Morgan fingerprint density at radius 3 is 2.48 bits per heavy atom. The second-order valence-corrected chi connectivity index (χ2v) is 6.25. The number of nitrogens with one attached hydrogen (secondary N) is 3. The number of amides is 3. The van der Waals surface area contributed by atoms with Gasteiger partial charge >= 0.3 is 12.1 Å². The van der Waals surface area contributed by atoms with E-state index in [4.69, 9.17) is 9.26 Å². The van der Waals surface area contributed by atoms with Gasteiger partial charge in [-0.15, -0.1) is 0 Å². The Morgan fingerprint density at radius 1 is 1.12 bits per heavy atom. The predicted octanol–water partition coefficient (Wildman–Crippen LogP) is 2.99. The molecule has 0 saturated carbocycles. The molecule has 0 aliphatic carbocycles. The summed E-state index contributed by atoms with van der Waals surface area (Å²) in [5, 5.41) is 11.5. The number of carbonyl (C=O) groups is 2. The number of anilines is 1. The Bertz CT molecular complexity index is 707. The summed E-state index contributed by atoms with van der Waals surface area (Å²) in [7, 11) is 0. The number of nitrogens with zero attached hydrogens (tertiary/aromatic N) is 1. The molecule has 0 unspecified atom stereocenters. The van der Waals surface area contributed by atoms with Crippen LogP contribution in [-0.4, -0.2) is 36.0 Å². The molecule has 0 bridgehead atoms. The zero-order chi connectivity index (χ0) is 18.3. The maximum absolute atomic E-state index is 11.8. The van der Waals surface area contributed by atoms with Gasteiger partial charge in [0.15, 0.2) is 11.6 Å². The zero-order valence-electron chi connectivity index (χ0n) is 14.5. The van der Waals surface area contributed by atoms with Gasteiger partial charge in [0, 0.05) is 24.7 Å². The van der Waals surface area contributed by atoms with Crippen molar-refractivity contribution >= 4 is 17.9 Å². The molecule has 8 heteroatoms. The molecule has 3 N–H and O–H groups in total. The first-order chi connectivity index (χ1) is 11.8. The van der Waals surface area contributed by atoms with Gasteiger partial charge in [-0.1, -0.05) is 35.5 Å². The van der Waals surface area contributed by atoms with Crippen molar-refractivity contribution in [3.8, 4) is 11.3 Å². The van der Waals surface area contributed by atoms with E-state index in [0.29, 0.717) is 11.6 Å². The number of hydrogen-bond acceptors (Lipinski definition) is 5.